The van der Waals surface area contributed by atoms with Crippen LogP contribution in [0, 0.1) is 0 Å². The molecular weight excluding hydrogens is 294 g/mol. The third-order valence-electron chi connectivity index (χ3n) is 4.96. The van der Waals surface area contributed by atoms with E-state index in [1.54, 1.807) is 0 Å². The molecular formula is C21H19N3. The fourth-order valence-electron chi connectivity index (χ4n) is 3.80. The standard InChI is InChI=1S/C21H19N3/c1-2-7-18(8-3-1)22-21-14-16(15-21)10-11-20(23-21)24-13-12-17-6-4-5-9-19(17)24/h1-11,14,22H,12-13,15H2. The van der Waals surface area contributed by atoms with E-state index in [0.29, 0.717) is 0 Å². The summed E-state index contributed by atoms with van der Waals surface area (Å²) in [4.78, 5) is 7.46. The molecule has 3 heteroatoms. The highest BCUT2D eigenvalue weighted by atomic mass is 15.3. The van der Waals surface area contributed by atoms with Crippen molar-refractivity contribution >= 4 is 17.2 Å². The highest BCUT2D eigenvalue weighted by Crippen LogP contribution is 2.39. The van der Waals surface area contributed by atoms with Gasteiger partial charge in [0, 0.05) is 24.3 Å². The molecule has 2 aromatic rings. The summed E-state index contributed by atoms with van der Waals surface area (Å²) in [6.07, 6.45) is 8.64. The lowest BCUT2D eigenvalue weighted by atomic mass is 9.86. The van der Waals surface area contributed by atoms with Gasteiger partial charge in [-0.2, -0.15) is 0 Å². The fourth-order valence-corrected chi connectivity index (χ4v) is 3.80. The number of hydrogen-bond acceptors (Lipinski definition) is 3. The monoisotopic (exact) mass is 313 g/mol. The van der Waals surface area contributed by atoms with E-state index in [1.165, 1.54) is 16.8 Å². The number of nitrogens with one attached hydrogen (secondary N) is 1. The van der Waals surface area contributed by atoms with E-state index in [4.69, 9.17) is 4.99 Å². The van der Waals surface area contributed by atoms with Crippen LogP contribution in [0.4, 0.5) is 11.4 Å². The third-order valence-corrected chi connectivity index (χ3v) is 4.96. The van der Waals surface area contributed by atoms with Gasteiger partial charge in [0.25, 0.3) is 0 Å². The largest absolute Gasteiger partial charge is 0.358 e. The highest BCUT2D eigenvalue weighted by molar-refractivity contribution is 6.08. The first-order chi connectivity index (χ1) is 11.8. The van der Waals surface area contributed by atoms with E-state index in [0.717, 1.165) is 30.9 Å². The van der Waals surface area contributed by atoms with Crippen LogP contribution >= 0.6 is 0 Å². The Bertz CT molecular complexity index is 879. The third kappa shape index (κ3) is 2.16. The molecule has 3 heterocycles. The van der Waals surface area contributed by atoms with Crippen molar-refractivity contribution < 1.29 is 0 Å². The molecule has 24 heavy (non-hydrogen) atoms. The number of aliphatic imine (C=N–C) groups is 1. The summed E-state index contributed by atoms with van der Waals surface area (Å²) in [7, 11) is 0. The predicted molar refractivity (Wildman–Crippen MR) is 99.6 cm³/mol. The van der Waals surface area contributed by atoms with Crippen LogP contribution in [0.5, 0.6) is 0 Å². The molecule has 4 aliphatic rings. The van der Waals surface area contributed by atoms with Crippen LogP contribution in [0.15, 0.2) is 83.4 Å². The van der Waals surface area contributed by atoms with E-state index >= 15 is 0 Å². The van der Waals surface area contributed by atoms with Crippen LogP contribution in [0.25, 0.3) is 0 Å². The second-order valence-electron chi connectivity index (χ2n) is 6.64. The average molecular weight is 313 g/mol. The van der Waals surface area contributed by atoms with Gasteiger partial charge in [0.05, 0.1) is 0 Å². The number of amidine groups is 1. The SMILES string of the molecule is C1=CC(N2CCc3ccccc32)=NC2(Nc3ccccc3)C=C1C2. The number of benzene rings is 2. The summed E-state index contributed by atoms with van der Waals surface area (Å²) < 4.78 is 0. The maximum Gasteiger partial charge on any atom is 0.155 e. The molecule has 1 aliphatic carbocycles. The number of nitrogens with zero attached hydrogens (tertiary/aromatic N) is 2. The first-order valence-electron chi connectivity index (χ1n) is 8.50. The minimum atomic E-state index is -0.312. The minimum Gasteiger partial charge on any atom is -0.358 e. The smallest absolute Gasteiger partial charge is 0.155 e. The van der Waals surface area contributed by atoms with E-state index in [2.05, 4.69) is 77.0 Å². The van der Waals surface area contributed by atoms with Crippen molar-refractivity contribution in [2.24, 2.45) is 4.99 Å². The molecule has 1 unspecified atom stereocenters. The predicted octanol–water partition coefficient (Wildman–Crippen LogP) is 4.16. The van der Waals surface area contributed by atoms with Gasteiger partial charge in [0.1, 0.15) is 5.84 Å². The van der Waals surface area contributed by atoms with Crippen molar-refractivity contribution in [3.63, 3.8) is 0 Å². The van der Waals surface area contributed by atoms with Crippen LogP contribution in [0.1, 0.15) is 12.0 Å². The summed E-state index contributed by atoms with van der Waals surface area (Å²) in [5.41, 5.74) is 4.85. The quantitative estimate of drug-likeness (QED) is 0.901. The van der Waals surface area contributed by atoms with Crippen molar-refractivity contribution in [1.82, 2.24) is 0 Å². The Morgan fingerprint density at radius 2 is 1.75 bits per heavy atom. The molecule has 2 bridgehead atoms. The zero-order chi connectivity index (χ0) is 16.0. The van der Waals surface area contributed by atoms with E-state index < -0.39 is 0 Å². The van der Waals surface area contributed by atoms with E-state index in [1.807, 2.05) is 6.07 Å². The number of allylic oxidation sites excluding steroid dienone is 1. The molecule has 0 saturated carbocycles. The maximum absolute atomic E-state index is 5.12. The van der Waals surface area contributed by atoms with Gasteiger partial charge in [-0.15, -0.1) is 0 Å². The number of rotatable bonds is 2. The van der Waals surface area contributed by atoms with Crippen molar-refractivity contribution in [3.8, 4) is 0 Å². The lowest BCUT2D eigenvalue weighted by molar-refractivity contribution is 0.550. The molecule has 2 aromatic carbocycles. The minimum absolute atomic E-state index is 0.312. The molecule has 0 fully saturated rings. The van der Waals surface area contributed by atoms with Crippen LogP contribution < -0.4 is 10.2 Å². The molecule has 3 aliphatic heterocycles. The fraction of sp³-hybridized carbons (Fsp3) is 0.190. The second-order valence-corrected chi connectivity index (χ2v) is 6.64. The molecule has 6 rings (SSSR count). The van der Waals surface area contributed by atoms with Crippen LogP contribution in [-0.4, -0.2) is 18.0 Å². The van der Waals surface area contributed by atoms with Gasteiger partial charge in [0.15, 0.2) is 5.66 Å². The Hall–Kier alpha value is -2.81. The summed E-state index contributed by atoms with van der Waals surface area (Å²) in [5.74, 6) is 1.05. The maximum atomic E-state index is 5.12. The van der Waals surface area contributed by atoms with Gasteiger partial charge >= 0.3 is 0 Å². The lowest BCUT2D eigenvalue weighted by Gasteiger charge is -2.37. The van der Waals surface area contributed by atoms with Crippen LogP contribution in [0.3, 0.4) is 0 Å². The Morgan fingerprint density at radius 1 is 0.958 bits per heavy atom. The normalized spacial score (nSPS) is 23.8. The Kier molecular flexibility index (Phi) is 2.89. The van der Waals surface area contributed by atoms with Gasteiger partial charge in [-0.25, -0.2) is 4.99 Å². The zero-order valence-electron chi connectivity index (χ0n) is 13.4. The average Bonchev–Trinajstić information content (AvgIpc) is 2.83. The first kappa shape index (κ1) is 13.6. The molecule has 0 spiro atoms. The van der Waals surface area contributed by atoms with Gasteiger partial charge in [-0.3, -0.25) is 0 Å². The summed E-state index contributed by atoms with van der Waals surface area (Å²) in [6.45, 7) is 0.999. The molecule has 3 nitrogen and oxygen atoms in total. The van der Waals surface area contributed by atoms with Gasteiger partial charge < -0.3 is 10.2 Å². The first-order valence-corrected chi connectivity index (χ1v) is 8.50. The van der Waals surface area contributed by atoms with Gasteiger partial charge in [0.2, 0.25) is 0 Å². The number of para-hydroxylation sites is 2. The molecule has 1 N–H and O–H groups in total. The number of hydrogen-bond donors (Lipinski definition) is 1. The lowest BCUT2D eigenvalue weighted by Crippen LogP contribution is -2.42. The van der Waals surface area contributed by atoms with Crippen molar-refractivity contribution in [1.29, 1.82) is 0 Å². The van der Waals surface area contributed by atoms with Crippen LogP contribution in [-0.2, 0) is 6.42 Å². The van der Waals surface area contributed by atoms with Crippen molar-refractivity contribution in [3.05, 3.63) is 84.0 Å². The van der Waals surface area contributed by atoms with E-state index in [9.17, 15) is 0 Å². The van der Waals surface area contributed by atoms with Crippen molar-refractivity contribution in [2.45, 2.75) is 18.5 Å². The molecule has 1 atom stereocenters. The number of fused-ring (bicyclic) bond motifs is 2. The Labute approximate surface area is 142 Å². The van der Waals surface area contributed by atoms with Crippen LogP contribution in [0.2, 0.25) is 0 Å². The molecule has 0 amide bonds. The molecule has 0 saturated heterocycles. The Balaban J connectivity index is 1.50. The van der Waals surface area contributed by atoms with Gasteiger partial charge in [-0.1, -0.05) is 42.5 Å². The topological polar surface area (TPSA) is 27.6 Å². The van der Waals surface area contributed by atoms with Crippen molar-refractivity contribution in [2.75, 3.05) is 16.8 Å². The summed E-state index contributed by atoms with van der Waals surface area (Å²) in [5, 5.41) is 3.61. The number of anilines is 2. The molecule has 0 aromatic heterocycles. The molecule has 0 radical (unpaired) electrons. The highest BCUT2D eigenvalue weighted by Gasteiger charge is 2.38. The second kappa shape index (κ2) is 5.10. The molecule has 118 valence electrons. The van der Waals surface area contributed by atoms with Gasteiger partial charge in [-0.05, 0) is 47.9 Å². The summed E-state index contributed by atoms with van der Waals surface area (Å²) in [6, 6.07) is 19.0. The summed E-state index contributed by atoms with van der Waals surface area (Å²) >= 11 is 0. The van der Waals surface area contributed by atoms with E-state index in [-0.39, 0.29) is 5.66 Å². The Morgan fingerprint density at radius 3 is 2.62 bits per heavy atom. The zero-order valence-corrected chi connectivity index (χ0v) is 13.4.